The number of nitrogens with two attached hydrogens (primary N) is 1. The first kappa shape index (κ1) is 27.8. The lowest BCUT2D eigenvalue weighted by Gasteiger charge is -2.11. The molecule has 0 radical (unpaired) electrons. The van der Waals surface area contributed by atoms with Crippen LogP contribution in [0.5, 0.6) is 17.2 Å². The number of anilines is 1. The molecule has 1 aromatic heterocycles. The molecule has 0 unspecified atom stereocenters. The largest absolute Gasteiger partial charge is 0.486 e. The van der Waals surface area contributed by atoms with Crippen LogP contribution in [-0.4, -0.2) is 22.1 Å². The van der Waals surface area contributed by atoms with Gasteiger partial charge in [0.15, 0.2) is 0 Å². The van der Waals surface area contributed by atoms with Gasteiger partial charge in [-0.15, -0.1) is 24.8 Å². The molecule has 3 aromatic carbocycles. The highest BCUT2D eigenvalue weighted by Crippen LogP contribution is 2.30. The molecule has 0 bridgehead atoms. The van der Waals surface area contributed by atoms with Gasteiger partial charge in [-0.2, -0.15) is 0 Å². The molecule has 9 heteroatoms. The highest BCUT2D eigenvalue weighted by molar-refractivity contribution is 5.89. The van der Waals surface area contributed by atoms with Gasteiger partial charge in [-0.1, -0.05) is 6.07 Å². The molecule has 0 amide bonds. The van der Waals surface area contributed by atoms with Gasteiger partial charge in [0.25, 0.3) is 0 Å². The van der Waals surface area contributed by atoms with Crippen molar-refractivity contribution in [2.75, 3.05) is 12.3 Å². The van der Waals surface area contributed by atoms with Gasteiger partial charge >= 0.3 is 5.97 Å². The van der Waals surface area contributed by atoms with E-state index >= 15 is 0 Å². The second-order valence-corrected chi connectivity index (χ2v) is 7.85. The van der Waals surface area contributed by atoms with Crippen LogP contribution in [0.2, 0.25) is 0 Å². The number of nitrogens with zero attached hydrogens (tertiary/aromatic N) is 2. The Hall–Kier alpha value is -3.42. The minimum absolute atomic E-state index is 0. The first-order chi connectivity index (χ1) is 15.9. The monoisotopic (exact) mass is 517 g/mol. The first-order valence-corrected chi connectivity index (χ1v) is 10.8. The van der Waals surface area contributed by atoms with Gasteiger partial charge < -0.3 is 24.5 Å². The van der Waals surface area contributed by atoms with Crippen molar-refractivity contribution < 1.29 is 19.0 Å². The topological polar surface area (TPSA) is 88.6 Å². The Kier molecular flexibility index (Phi) is 9.40. The molecule has 0 spiro atoms. The van der Waals surface area contributed by atoms with E-state index in [1.807, 2.05) is 55.8 Å². The predicted molar refractivity (Wildman–Crippen MR) is 142 cm³/mol. The number of benzene rings is 3. The van der Waals surface area contributed by atoms with Gasteiger partial charge in [0.05, 0.1) is 23.2 Å². The van der Waals surface area contributed by atoms with Crippen molar-refractivity contribution in [3.63, 3.8) is 0 Å². The number of carbonyl (C=O) groups is 1. The standard InChI is InChI=1S/C26H27N3O4.2ClH/c1-5-31-26(30)18-7-6-8-19(13-18)32-15-24-28-22-10-9-20(14-23(22)29(24)4)33-21-11-16(2)25(27)17(3)12-21;;/h6-14H,5,15,27H2,1-4H3;2*1H. The van der Waals surface area contributed by atoms with E-state index in [4.69, 9.17) is 19.9 Å². The Morgan fingerprint density at radius 1 is 0.971 bits per heavy atom. The molecule has 0 atom stereocenters. The summed E-state index contributed by atoms with van der Waals surface area (Å²) >= 11 is 0. The third-order valence-electron chi connectivity index (χ3n) is 5.46. The first-order valence-electron chi connectivity index (χ1n) is 10.8. The van der Waals surface area contributed by atoms with Crippen LogP contribution in [0.3, 0.4) is 0 Å². The summed E-state index contributed by atoms with van der Waals surface area (Å²) in [6, 6.07) is 16.6. The molecule has 7 nitrogen and oxygen atoms in total. The van der Waals surface area contributed by atoms with E-state index in [0.717, 1.165) is 39.4 Å². The lowest BCUT2D eigenvalue weighted by Crippen LogP contribution is -2.06. The molecule has 0 aliphatic heterocycles. The molecule has 1 heterocycles. The minimum Gasteiger partial charge on any atom is -0.486 e. The van der Waals surface area contributed by atoms with Crippen LogP contribution in [0.4, 0.5) is 5.69 Å². The second kappa shape index (κ2) is 11.8. The fraction of sp³-hybridized carbons (Fsp3) is 0.231. The minimum atomic E-state index is -0.371. The predicted octanol–water partition coefficient (Wildman–Crippen LogP) is 6.16. The summed E-state index contributed by atoms with van der Waals surface area (Å²) in [6.07, 6.45) is 0. The average molecular weight is 518 g/mol. The van der Waals surface area contributed by atoms with E-state index in [2.05, 4.69) is 4.98 Å². The maximum atomic E-state index is 11.9. The molecule has 186 valence electrons. The number of nitrogen functional groups attached to an aromatic ring is 1. The summed E-state index contributed by atoms with van der Waals surface area (Å²) in [5, 5.41) is 0. The van der Waals surface area contributed by atoms with Gasteiger partial charge in [-0.3, -0.25) is 0 Å². The molecular weight excluding hydrogens is 489 g/mol. The van der Waals surface area contributed by atoms with Crippen LogP contribution >= 0.6 is 24.8 Å². The molecule has 2 N–H and O–H groups in total. The lowest BCUT2D eigenvalue weighted by atomic mass is 10.1. The number of hydrogen-bond acceptors (Lipinski definition) is 6. The lowest BCUT2D eigenvalue weighted by molar-refractivity contribution is 0.0526. The Morgan fingerprint density at radius 2 is 1.69 bits per heavy atom. The van der Waals surface area contributed by atoms with E-state index in [1.54, 1.807) is 31.2 Å². The third kappa shape index (κ3) is 6.18. The number of rotatable bonds is 7. The van der Waals surface area contributed by atoms with Crippen molar-refractivity contribution in [2.45, 2.75) is 27.4 Å². The van der Waals surface area contributed by atoms with Crippen molar-refractivity contribution in [3.05, 3.63) is 77.1 Å². The van der Waals surface area contributed by atoms with E-state index < -0.39 is 0 Å². The van der Waals surface area contributed by atoms with Crippen molar-refractivity contribution in [1.29, 1.82) is 0 Å². The van der Waals surface area contributed by atoms with Gasteiger partial charge in [-0.25, -0.2) is 9.78 Å². The van der Waals surface area contributed by atoms with E-state index in [1.165, 1.54) is 0 Å². The van der Waals surface area contributed by atoms with Crippen molar-refractivity contribution >= 4 is 47.5 Å². The van der Waals surface area contributed by atoms with Crippen LogP contribution in [0.15, 0.2) is 54.6 Å². The Balaban J connectivity index is 0.00000216. The zero-order chi connectivity index (χ0) is 23.5. The van der Waals surface area contributed by atoms with Gasteiger partial charge in [0, 0.05) is 18.8 Å². The molecule has 0 aliphatic rings. The van der Waals surface area contributed by atoms with Crippen molar-refractivity contribution in [1.82, 2.24) is 9.55 Å². The summed E-state index contributed by atoms with van der Waals surface area (Å²) < 4.78 is 19.0. The highest BCUT2D eigenvalue weighted by atomic mass is 35.5. The number of aromatic nitrogens is 2. The second-order valence-electron chi connectivity index (χ2n) is 7.85. The maximum absolute atomic E-state index is 11.9. The number of halogens is 2. The molecule has 35 heavy (non-hydrogen) atoms. The molecule has 0 fully saturated rings. The average Bonchev–Trinajstić information content (AvgIpc) is 3.11. The third-order valence-corrected chi connectivity index (χ3v) is 5.46. The fourth-order valence-corrected chi connectivity index (χ4v) is 3.62. The number of fused-ring (bicyclic) bond motifs is 1. The van der Waals surface area contributed by atoms with Gasteiger partial charge in [0.2, 0.25) is 0 Å². The summed E-state index contributed by atoms with van der Waals surface area (Å²) in [6.45, 7) is 6.29. The number of aryl methyl sites for hydroxylation is 3. The van der Waals surface area contributed by atoms with Crippen molar-refractivity contribution in [3.8, 4) is 17.2 Å². The van der Waals surface area contributed by atoms with E-state index in [0.29, 0.717) is 23.7 Å². The SMILES string of the molecule is CCOC(=O)c1cccc(OCc2nc3ccc(Oc4cc(C)c(N)c(C)c4)cc3n2C)c1.Cl.Cl. The number of hydrogen-bond donors (Lipinski definition) is 1. The van der Waals surface area contributed by atoms with E-state index in [-0.39, 0.29) is 37.4 Å². The quantitative estimate of drug-likeness (QED) is 0.233. The Labute approximate surface area is 217 Å². The van der Waals surface area contributed by atoms with Crippen LogP contribution in [0.25, 0.3) is 11.0 Å². The van der Waals surface area contributed by atoms with Crippen LogP contribution in [0, 0.1) is 13.8 Å². The van der Waals surface area contributed by atoms with Crippen LogP contribution in [0.1, 0.15) is 34.2 Å². The van der Waals surface area contributed by atoms with Gasteiger partial charge in [-0.05, 0) is 74.4 Å². The van der Waals surface area contributed by atoms with Crippen molar-refractivity contribution in [2.24, 2.45) is 7.05 Å². The molecular formula is C26H29Cl2N3O4. The normalized spacial score (nSPS) is 10.3. The maximum Gasteiger partial charge on any atom is 0.338 e. The Morgan fingerprint density at radius 3 is 2.37 bits per heavy atom. The summed E-state index contributed by atoms with van der Waals surface area (Å²) in [4.78, 5) is 16.6. The fourth-order valence-electron chi connectivity index (χ4n) is 3.62. The molecule has 4 aromatic rings. The smallest absolute Gasteiger partial charge is 0.338 e. The summed E-state index contributed by atoms with van der Waals surface area (Å²) in [7, 11) is 1.93. The van der Waals surface area contributed by atoms with Crippen LogP contribution < -0.4 is 15.2 Å². The number of esters is 1. The number of imidazole rings is 1. The molecule has 0 aliphatic carbocycles. The van der Waals surface area contributed by atoms with E-state index in [9.17, 15) is 4.79 Å². The van der Waals surface area contributed by atoms with Crippen LogP contribution in [-0.2, 0) is 18.4 Å². The highest BCUT2D eigenvalue weighted by Gasteiger charge is 2.12. The number of carbonyl (C=O) groups excluding carboxylic acids is 1. The van der Waals surface area contributed by atoms with Gasteiger partial charge in [0.1, 0.15) is 29.7 Å². The molecule has 0 saturated carbocycles. The molecule has 0 saturated heterocycles. The summed E-state index contributed by atoms with van der Waals surface area (Å²) in [5.74, 6) is 2.41. The summed E-state index contributed by atoms with van der Waals surface area (Å²) in [5.41, 5.74) is 11.0. The Bertz CT molecular complexity index is 1310. The molecule has 4 rings (SSSR count). The zero-order valence-electron chi connectivity index (χ0n) is 20.0. The number of ether oxygens (including phenoxy) is 3. The zero-order valence-corrected chi connectivity index (χ0v) is 21.7.